The second-order valence-corrected chi connectivity index (χ2v) is 2.53. The second-order valence-electron chi connectivity index (χ2n) is 2.53. The summed E-state index contributed by atoms with van der Waals surface area (Å²) < 4.78 is 5.32. The predicted molar refractivity (Wildman–Crippen MR) is 41.8 cm³/mol. The van der Waals surface area contributed by atoms with Gasteiger partial charge in [0.05, 0.1) is 6.54 Å². The summed E-state index contributed by atoms with van der Waals surface area (Å²) in [7, 11) is 2.02. The van der Waals surface area contributed by atoms with Crippen molar-refractivity contribution in [3.63, 3.8) is 0 Å². The van der Waals surface area contributed by atoms with Crippen LogP contribution in [0, 0.1) is 6.07 Å². The maximum absolute atomic E-state index is 5.32. The Hall–Kier alpha value is -1.25. The Kier molecular flexibility index (Phi) is 1.42. The average Bonchev–Trinajstić information content (AvgIpc) is 2.06. The standard InChI is InChI=1S/C8H9N2O/c1-10-5-6-11-8-7(10)3-2-4-9-8/h3-4H,5-6H2,1H3. The Morgan fingerprint density at radius 2 is 2.64 bits per heavy atom. The third-order valence-electron chi connectivity index (χ3n) is 1.77. The largest absolute Gasteiger partial charge is 0.474 e. The first-order chi connectivity index (χ1) is 5.38. The minimum atomic E-state index is 0.720. The molecule has 1 aromatic heterocycles. The van der Waals surface area contributed by atoms with Gasteiger partial charge in [-0.25, -0.2) is 4.98 Å². The fourth-order valence-electron chi connectivity index (χ4n) is 1.12. The van der Waals surface area contributed by atoms with Crippen molar-refractivity contribution >= 4 is 5.69 Å². The molecule has 1 radical (unpaired) electrons. The van der Waals surface area contributed by atoms with E-state index < -0.39 is 0 Å². The number of aromatic nitrogens is 1. The number of rotatable bonds is 0. The van der Waals surface area contributed by atoms with E-state index in [1.165, 1.54) is 0 Å². The van der Waals surface area contributed by atoms with Crippen LogP contribution in [0.4, 0.5) is 5.69 Å². The van der Waals surface area contributed by atoms with Crippen LogP contribution < -0.4 is 9.64 Å². The van der Waals surface area contributed by atoms with Crippen LogP contribution in [0.15, 0.2) is 12.3 Å². The van der Waals surface area contributed by atoms with Crippen LogP contribution in [0.5, 0.6) is 5.88 Å². The smallest absolute Gasteiger partial charge is 0.237 e. The van der Waals surface area contributed by atoms with Crippen LogP contribution in [0.3, 0.4) is 0 Å². The molecule has 0 N–H and O–H groups in total. The Balaban J connectivity index is 2.44. The SMILES string of the molecule is CN1CCOc2nc[c]cc21. The molecule has 0 fully saturated rings. The average molecular weight is 149 g/mol. The molecule has 0 atom stereocenters. The second kappa shape index (κ2) is 2.42. The van der Waals surface area contributed by atoms with Crippen LogP contribution in [-0.2, 0) is 0 Å². The van der Waals surface area contributed by atoms with Crippen molar-refractivity contribution in [2.45, 2.75) is 0 Å². The van der Waals surface area contributed by atoms with Gasteiger partial charge in [0, 0.05) is 19.3 Å². The van der Waals surface area contributed by atoms with Gasteiger partial charge in [-0.2, -0.15) is 0 Å². The number of pyridine rings is 1. The molecule has 0 saturated heterocycles. The van der Waals surface area contributed by atoms with E-state index in [0.29, 0.717) is 0 Å². The van der Waals surface area contributed by atoms with Crippen molar-refractivity contribution in [3.8, 4) is 5.88 Å². The highest BCUT2D eigenvalue weighted by Crippen LogP contribution is 2.26. The summed E-state index contributed by atoms with van der Waals surface area (Å²) in [6.45, 7) is 1.65. The summed E-state index contributed by atoms with van der Waals surface area (Å²) in [6, 6.07) is 4.81. The van der Waals surface area contributed by atoms with E-state index in [9.17, 15) is 0 Å². The maximum Gasteiger partial charge on any atom is 0.237 e. The number of hydrogen-bond acceptors (Lipinski definition) is 3. The van der Waals surface area contributed by atoms with Gasteiger partial charge < -0.3 is 9.64 Å². The zero-order valence-electron chi connectivity index (χ0n) is 6.37. The monoisotopic (exact) mass is 149 g/mol. The molecule has 0 unspecified atom stereocenters. The van der Waals surface area contributed by atoms with Gasteiger partial charge in [-0.1, -0.05) is 0 Å². The number of fused-ring (bicyclic) bond motifs is 1. The molecule has 2 heterocycles. The van der Waals surface area contributed by atoms with Crippen molar-refractivity contribution in [1.82, 2.24) is 4.98 Å². The van der Waals surface area contributed by atoms with Crippen molar-refractivity contribution < 1.29 is 4.74 Å². The van der Waals surface area contributed by atoms with Crippen molar-refractivity contribution in [1.29, 1.82) is 0 Å². The van der Waals surface area contributed by atoms with Gasteiger partial charge in [-0.05, 0) is 6.07 Å². The van der Waals surface area contributed by atoms with Crippen LogP contribution >= 0.6 is 0 Å². The molecular weight excluding hydrogens is 140 g/mol. The summed E-state index contributed by atoms with van der Waals surface area (Å²) >= 11 is 0. The van der Waals surface area contributed by atoms with E-state index in [2.05, 4.69) is 16.0 Å². The first-order valence-corrected chi connectivity index (χ1v) is 3.58. The van der Waals surface area contributed by atoms with Crippen LogP contribution in [0.1, 0.15) is 0 Å². The third-order valence-corrected chi connectivity index (χ3v) is 1.77. The highest BCUT2D eigenvalue weighted by molar-refractivity contribution is 5.54. The molecule has 3 nitrogen and oxygen atoms in total. The zero-order chi connectivity index (χ0) is 7.68. The molecule has 1 aliphatic heterocycles. The quantitative estimate of drug-likeness (QED) is 0.543. The van der Waals surface area contributed by atoms with Gasteiger partial charge in [-0.15, -0.1) is 0 Å². The van der Waals surface area contributed by atoms with E-state index in [1.54, 1.807) is 6.20 Å². The van der Waals surface area contributed by atoms with Crippen molar-refractivity contribution in [2.24, 2.45) is 0 Å². The van der Waals surface area contributed by atoms with E-state index in [0.717, 1.165) is 24.7 Å². The topological polar surface area (TPSA) is 25.4 Å². The molecule has 57 valence electrons. The Morgan fingerprint density at radius 1 is 1.73 bits per heavy atom. The highest BCUT2D eigenvalue weighted by atomic mass is 16.5. The van der Waals surface area contributed by atoms with E-state index in [-0.39, 0.29) is 0 Å². The fourth-order valence-corrected chi connectivity index (χ4v) is 1.12. The number of ether oxygens (including phenoxy) is 1. The van der Waals surface area contributed by atoms with Crippen LogP contribution in [-0.4, -0.2) is 25.2 Å². The summed E-state index contributed by atoms with van der Waals surface area (Å²) in [6.07, 6.45) is 1.62. The molecule has 0 amide bonds. The number of anilines is 1. The number of nitrogens with zero attached hydrogens (tertiary/aromatic N) is 2. The molecule has 0 aliphatic carbocycles. The summed E-state index contributed by atoms with van der Waals surface area (Å²) in [5, 5.41) is 0. The van der Waals surface area contributed by atoms with Gasteiger partial charge in [-0.3, -0.25) is 0 Å². The lowest BCUT2D eigenvalue weighted by molar-refractivity contribution is 0.299. The summed E-state index contributed by atoms with van der Waals surface area (Å²) in [4.78, 5) is 6.16. The van der Waals surface area contributed by atoms with Crippen LogP contribution in [0.25, 0.3) is 0 Å². The molecule has 0 saturated carbocycles. The fraction of sp³-hybridized carbons (Fsp3) is 0.375. The number of hydrogen-bond donors (Lipinski definition) is 0. The summed E-state index contributed by atoms with van der Waals surface area (Å²) in [5.74, 6) is 0.720. The number of likely N-dealkylation sites (N-methyl/N-ethyl adjacent to an activating group) is 1. The normalized spacial score (nSPS) is 15.5. The van der Waals surface area contributed by atoms with E-state index >= 15 is 0 Å². The Morgan fingerprint density at radius 3 is 3.45 bits per heavy atom. The molecule has 1 aliphatic rings. The molecule has 0 spiro atoms. The van der Waals surface area contributed by atoms with Crippen molar-refractivity contribution in [2.75, 3.05) is 25.1 Å². The molecular formula is C8H9N2O. The maximum atomic E-state index is 5.32. The molecule has 3 heteroatoms. The third kappa shape index (κ3) is 1.02. The van der Waals surface area contributed by atoms with Gasteiger partial charge in [0.2, 0.25) is 5.88 Å². The van der Waals surface area contributed by atoms with E-state index in [4.69, 9.17) is 4.74 Å². The lowest BCUT2D eigenvalue weighted by atomic mass is 10.3. The minimum absolute atomic E-state index is 0.720. The van der Waals surface area contributed by atoms with Crippen molar-refractivity contribution in [3.05, 3.63) is 18.3 Å². The Labute approximate surface area is 65.6 Å². The molecule has 1 aromatic rings. The lowest BCUT2D eigenvalue weighted by Crippen LogP contribution is -2.29. The lowest BCUT2D eigenvalue weighted by Gasteiger charge is -2.25. The first-order valence-electron chi connectivity index (χ1n) is 3.58. The van der Waals surface area contributed by atoms with Crippen LogP contribution in [0.2, 0.25) is 0 Å². The molecule has 2 rings (SSSR count). The molecule has 0 bridgehead atoms. The summed E-state index contributed by atoms with van der Waals surface area (Å²) in [5.41, 5.74) is 1.03. The zero-order valence-corrected chi connectivity index (χ0v) is 6.37. The van der Waals surface area contributed by atoms with Gasteiger partial charge in [0.25, 0.3) is 0 Å². The van der Waals surface area contributed by atoms with Gasteiger partial charge >= 0.3 is 0 Å². The van der Waals surface area contributed by atoms with Gasteiger partial charge in [0.1, 0.15) is 12.3 Å². The minimum Gasteiger partial charge on any atom is -0.474 e. The van der Waals surface area contributed by atoms with Gasteiger partial charge in [0.15, 0.2) is 0 Å². The Bertz CT molecular complexity index is 262. The molecule has 11 heavy (non-hydrogen) atoms. The first kappa shape index (κ1) is 6.46. The van der Waals surface area contributed by atoms with E-state index in [1.807, 2.05) is 13.1 Å². The molecule has 0 aromatic carbocycles. The predicted octanol–water partition coefficient (Wildman–Crippen LogP) is 0.710. The highest BCUT2D eigenvalue weighted by Gasteiger charge is 2.14.